The van der Waals surface area contributed by atoms with Gasteiger partial charge in [0.15, 0.2) is 5.78 Å². The first-order valence-electron chi connectivity index (χ1n) is 16.9. The van der Waals surface area contributed by atoms with Crippen LogP contribution < -0.4 is 21.3 Å². The molecule has 13 heteroatoms. The van der Waals surface area contributed by atoms with Crippen LogP contribution in [0.15, 0.2) is 72.1 Å². The van der Waals surface area contributed by atoms with Gasteiger partial charge in [-0.3, -0.25) is 9.59 Å². The minimum atomic E-state index is -0.648. The van der Waals surface area contributed by atoms with Gasteiger partial charge in [-0.15, -0.1) is 0 Å². The third-order valence-corrected chi connectivity index (χ3v) is 7.49. The molecule has 274 valence electrons. The molecule has 0 saturated heterocycles. The molecule has 2 rings (SSSR count). The molecule has 0 unspecified atom stereocenters. The molecule has 2 aromatic carbocycles. The van der Waals surface area contributed by atoms with Gasteiger partial charge in [0, 0.05) is 73.9 Å². The molecule has 0 aliphatic rings. The number of hydrogen-bond donors (Lipinski definition) is 8. The first kappa shape index (κ1) is 41.3. The highest BCUT2D eigenvalue weighted by molar-refractivity contribution is 6.13. The molecule has 0 atom stereocenters. The van der Waals surface area contributed by atoms with E-state index in [0.29, 0.717) is 61.4 Å². The van der Waals surface area contributed by atoms with E-state index in [9.17, 15) is 29.7 Å². The maximum Gasteiger partial charge on any atom is 0.410 e. The maximum absolute atomic E-state index is 13.7. The number of aliphatic hydroxyl groups excluding tert-OH is 2. The van der Waals surface area contributed by atoms with Crippen LogP contribution in [-0.4, -0.2) is 95.6 Å². The Labute approximate surface area is 294 Å². The van der Waals surface area contributed by atoms with Crippen molar-refractivity contribution in [3.8, 4) is 11.5 Å². The fraction of sp³-hybridized carbons (Fsp3) is 0.432. The Hall–Kier alpha value is -4.85. The number of rotatable bonds is 23. The molecule has 2 amide bonds. The lowest BCUT2D eigenvalue weighted by molar-refractivity contribution is -0.116. The van der Waals surface area contributed by atoms with Crippen LogP contribution in [0.25, 0.3) is 0 Å². The standard InChI is InChI=1S/C37H53N5O8/c1-5-7-30-32(45)15-16-33(46)35(30)36(48)27(4)31(14-9-26(3)39-18-17-38-20-23-43)40-19-21-42(22-24-44)37(49)50-25-28-10-12-29(13-11-28)41-34(47)8-6-2/h9-16,38-40,43-46H,4-8,17-25H2,1-3H3,(H,41,47)/b26-9+,31-14+. The molecule has 0 aliphatic carbocycles. The SMILES string of the molecule is C=C(C(=O)c1c(O)ccc(O)c1CCC)/C(=C\C=C(/C)NCCNCCO)NCCN(CCO)C(=O)OCc1ccc(NC(=O)CCC)cc1. The number of carbonyl (C=O) groups excluding carboxylic acids is 3. The molecule has 0 spiro atoms. The second kappa shape index (κ2) is 22.7. The van der Waals surface area contributed by atoms with Crippen molar-refractivity contribution < 1.29 is 39.5 Å². The molecule has 2 aromatic rings. The van der Waals surface area contributed by atoms with Crippen LogP contribution in [-0.2, 0) is 22.6 Å². The van der Waals surface area contributed by atoms with Gasteiger partial charge < -0.3 is 51.3 Å². The molecule has 50 heavy (non-hydrogen) atoms. The van der Waals surface area contributed by atoms with Gasteiger partial charge in [0.05, 0.1) is 18.8 Å². The summed E-state index contributed by atoms with van der Waals surface area (Å²) in [5.41, 5.74) is 2.79. The van der Waals surface area contributed by atoms with Crippen LogP contribution in [0.3, 0.4) is 0 Å². The van der Waals surface area contributed by atoms with E-state index in [4.69, 9.17) is 9.84 Å². The molecular weight excluding hydrogens is 642 g/mol. The number of aromatic hydroxyl groups is 2. The number of ketones is 1. The number of phenols is 2. The molecule has 0 radical (unpaired) electrons. The molecule has 0 aromatic heterocycles. The quantitative estimate of drug-likeness (QED) is 0.0278. The average molecular weight is 696 g/mol. The van der Waals surface area contributed by atoms with Crippen LogP contribution in [0.1, 0.15) is 61.5 Å². The van der Waals surface area contributed by atoms with Crippen LogP contribution in [0.4, 0.5) is 10.5 Å². The van der Waals surface area contributed by atoms with E-state index in [1.54, 1.807) is 36.4 Å². The minimum Gasteiger partial charge on any atom is -0.508 e. The fourth-order valence-corrected chi connectivity index (χ4v) is 4.85. The summed E-state index contributed by atoms with van der Waals surface area (Å²) in [4.78, 5) is 39.9. The van der Waals surface area contributed by atoms with E-state index in [1.807, 2.05) is 20.8 Å². The number of phenolic OH excluding ortho intramolecular Hbond substituents is 2. The van der Waals surface area contributed by atoms with E-state index in [0.717, 1.165) is 12.1 Å². The second-order valence-corrected chi connectivity index (χ2v) is 11.5. The van der Waals surface area contributed by atoms with Crippen molar-refractivity contribution in [2.45, 2.75) is 53.1 Å². The molecule has 0 bridgehead atoms. The minimum absolute atomic E-state index is 0.00657. The van der Waals surface area contributed by atoms with Crippen LogP contribution in [0, 0.1) is 0 Å². The maximum atomic E-state index is 13.7. The first-order valence-corrected chi connectivity index (χ1v) is 16.9. The van der Waals surface area contributed by atoms with E-state index in [-0.39, 0.29) is 68.0 Å². The van der Waals surface area contributed by atoms with Gasteiger partial charge in [-0.2, -0.15) is 0 Å². The predicted molar refractivity (Wildman–Crippen MR) is 194 cm³/mol. The third-order valence-electron chi connectivity index (χ3n) is 7.49. The zero-order chi connectivity index (χ0) is 36.9. The number of aliphatic hydroxyl groups is 2. The fourth-order valence-electron chi connectivity index (χ4n) is 4.85. The lowest BCUT2D eigenvalue weighted by Crippen LogP contribution is -2.39. The van der Waals surface area contributed by atoms with Gasteiger partial charge in [0.2, 0.25) is 5.91 Å². The summed E-state index contributed by atoms with van der Waals surface area (Å²) in [5.74, 6) is -1.01. The first-order chi connectivity index (χ1) is 24.1. The smallest absolute Gasteiger partial charge is 0.410 e. The number of ether oxygens (including phenoxy) is 1. The van der Waals surface area contributed by atoms with E-state index in [1.165, 1.54) is 17.0 Å². The van der Waals surface area contributed by atoms with Crippen molar-refractivity contribution in [3.05, 3.63) is 88.8 Å². The lowest BCUT2D eigenvalue weighted by Gasteiger charge is -2.23. The summed E-state index contributed by atoms with van der Waals surface area (Å²) in [5, 5.41) is 52.0. The number of nitrogens with zero attached hydrogens (tertiary/aromatic N) is 1. The number of benzene rings is 2. The Balaban J connectivity index is 2.18. The summed E-state index contributed by atoms with van der Waals surface area (Å²) in [6, 6.07) is 9.58. The van der Waals surface area contributed by atoms with Gasteiger partial charge >= 0.3 is 6.09 Å². The Morgan fingerprint density at radius 3 is 2.24 bits per heavy atom. The number of hydrogen-bond acceptors (Lipinski definition) is 11. The van der Waals surface area contributed by atoms with E-state index >= 15 is 0 Å². The highest BCUT2D eigenvalue weighted by Gasteiger charge is 2.24. The Morgan fingerprint density at radius 2 is 1.58 bits per heavy atom. The second-order valence-electron chi connectivity index (χ2n) is 11.5. The summed E-state index contributed by atoms with van der Waals surface area (Å²) >= 11 is 0. The van der Waals surface area contributed by atoms with Crippen LogP contribution in [0.5, 0.6) is 11.5 Å². The molecule has 0 fully saturated rings. The highest BCUT2D eigenvalue weighted by atomic mass is 16.6. The third kappa shape index (κ3) is 13.9. The lowest BCUT2D eigenvalue weighted by atomic mass is 9.93. The number of Topliss-reactive ketones (excluding diaryl/α,β-unsaturated/α-hetero) is 1. The van der Waals surface area contributed by atoms with Crippen molar-refractivity contribution in [3.63, 3.8) is 0 Å². The number of carbonyl (C=O) groups is 3. The largest absolute Gasteiger partial charge is 0.508 e. The monoisotopic (exact) mass is 695 g/mol. The van der Waals surface area contributed by atoms with Crippen molar-refractivity contribution in [2.24, 2.45) is 0 Å². The topological polar surface area (TPSA) is 193 Å². The Kier molecular flexibility index (Phi) is 18.8. The molecule has 8 N–H and O–H groups in total. The Morgan fingerprint density at radius 1 is 0.860 bits per heavy atom. The molecule has 0 aliphatic heterocycles. The Bertz CT molecular complexity index is 1470. The number of allylic oxidation sites excluding steroid dienone is 4. The molecule has 0 heterocycles. The van der Waals surface area contributed by atoms with Crippen molar-refractivity contribution in [1.29, 1.82) is 0 Å². The van der Waals surface area contributed by atoms with Crippen LogP contribution >= 0.6 is 0 Å². The zero-order valence-electron chi connectivity index (χ0n) is 29.4. The molecular formula is C37H53N5O8. The van der Waals surface area contributed by atoms with Crippen molar-refractivity contribution >= 4 is 23.5 Å². The highest BCUT2D eigenvalue weighted by Crippen LogP contribution is 2.32. The molecule has 13 nitrogen and oxygen atoms in total. The summed E-state index contributed by atoms with van der Waals surface area (Å²) in [7, 11) is 0. The van der Waals surface area contributed by atoms with E-state index < -0.39 is 11.9 Å². The predicted octanol–water partition coefficient (Wildman–Crippen LogP) is 3.71. The van der Waals surface area contributed by atoms with Gasteiger partial charge in [-0.25, -0.2) is 4.79 Å². The summed E-state index contributed by atoms with van der Waals surface area (Å²) in [6.45, 7) is 11.4. The van der Waals surface area contributed by atoms with E-state index in [2.05, 4.69) is 27.8 Å². The summed E-state index contributed by atoms with van der Waals surface area (Å²) in [6.07, 6.45) is 4.93. The van der Waals surface area contributed by atoms with Crippen molar-refractivity contribution in [1.82, 2.24) is 20.9 Å². The number of amides is 2. The van der Waals surface area contributed by atoms with Gasteiger partial charge in [-0.1, -0.05) is 39.0 Å². The number of nitrogens with one attached hydrogen (secondary N) is 4. The van der Waals surface area contributed by atoms with Gasteiger partial charge in [-0.05, 0) is 61.7 Å². The summed E-state index contributed by atoms with van der Waals surface area (Å²) < 4.78 is 5.49. The molecule has 0 saturated carbocycles. The van der Waals surface area contributed by atoms with Gasteiger partial charge in [0.1, 0.15) is 18.1 Å². The average Bonchev–Trinajstić information content (AvgIpc) is 3.10. The van der Waals surface area contributed by atoms with Crippen molar-refractivity contribution in [2.75, 3.05) is 57.8 Å². The zero-order valence-corrected chi connectivity index (χ0v) is 29.4. The normalized spacial score (nSPS) is 11.5. The van der Waals surface area contributed by atoms with Crippen LogP contribution in [0.2, 0.25) is 0 Å². The van der Waals surface area contributed by atoms with Gasteiger partial charge in [0.25, 0.3) is 0 Å². The number of anilines is 1.